The van der Waals surface area contributed by atoms with Gasteiger partial charge < -0.3 is 10.2 Å². The predicted molar refractivity (Wildman–Crippen MR) is 106 cm³/mol. The van der Waals surface area contributed by atoms with E-state index in [1.54, 1.807) is 15.8 Å². The molecule has 5 rings (SSSR count). The van der Waals surface area contributed by atoms with E-state index in [9.17, 15) is 4.79 Å². The molecule has 2 aromatic heterocycles. The van der Waals surface area contributed by atoms with E-state index in [1.165, 1.54) is 0 Å². The number of nitrogens with one attached hydrogen (secondary N) is 2. The number of hydrogen-bond acceptors (Lipinski definition) is 5. The minimum Gasteiger partial charge on any atom is -0.341 e. The number of benzene rings is 2. The second kappa shape index (κ2) is 6.19. The van der Waals surface area contributed by atoms with Gasteiger partial charge in [-0.1, -0.05) is 6.07 Å². The van der Waals surface area contributed by atoms with Gasteiger partial charge in [0.1, 0.15) is 0 Å². The van der Waals surface area contributed by atoms with Gasteiger partial charge in [0, 0.05) is 42.8 Å². The van der Waals surface area contributed by atoms with Crippen LogP contribution in [0.2, 0.25) is 0 Å². The van der Waals surface area contributed by atoms with E-state index in [0.29, 0.717) is 11.8 Å². The Morgan fingerprint density at radius 1 is 1.14 bits per heavy atom. The van der Waals surface area contributed by atoms with Crippen LogP contribution in [0, 0.1) is 0 Å². The normalized spacial score (nSPS) is 13.8. The SMILES string of the molecule is CN1CCc2cc(-c3nc(Nc4ccc5[nH]ncc5c4)n(C)n3)ccc2C1=O. The molecule has 1 amide bonds. The molecule has 0 atom stereocenters. The summed E-state index contributed by atoms with van der Waals surface area (Å²) in [5, 5.41) is 15.9. The van der Waals surface area contributed by atoms with Gasteiger partial charge in [-0.25, -0.2) is 4.68 Å². The molecule has 140 valence electrons. The first kappa shape index (κ1) is 16.5. The van der Waals surface area contributed by atoms with Crippen LogP contribution in [0.25, 0.3) is 22.3 Å². The molecule has 0 saturated carbocycles. The summed E-state index contributed by atoms with van der Waals surface area (Å²) in [6, 6.07) is 11.8. The van der Waals surface area contributed by atoms with E-state index < -0.39 is 0 Å². The molecule has 2 N–H and O–H groups in total. The smallest absolute Gasteiger partial charge is 0.253 e. The maximum absolute atomic E-state index is 12.3. The highest BCUT2D eigenvalue weighted by Gasteiger charge is 2.22. The molecular formula is C20H19N7O. The topological polar surface area (TPSA) is 91.7 Å². The lowest BCUT2D eigenvalue weighted by atomic mass is 9.97. The Morgan fingerprint density at radius 2 is 2.04 bits per heavy atom. The first-order chi connectivity index (χ1) is 13.6. The zero-order valence-electron chi connectivity index (χ0n) is 15.6. The van der Waals surface area contributed by atoms with Crippen molar-refractivity contribution in [2.45, 2.75) is 6.42 Å². The molecule has 0 spiro atoms. The number of aryl methyl sites for hydroxylation is 1. The highest BCUT2D eigenvalue weighted by atomic mass is 16.2. The highest BCUT2D eigenvalue weighted by Crippen LogP contribution is 2.26. The molecule has 8 heteroatoms. The standard InChI is InChI=1S/C20H19N7O/c1-26-8-7-12-9-13(3-5-16(12)19(26)28)18-23-20(27(2)25-18)22-15-4-6-17-14(10-15)11-21-24-17/h3-6,9-11H,7-8H2,1-2H3,(H,21,24)(H,22,23,25). The van der Waals surface area contributed by atoms with Crippen molar-refractivity contribution in [3.8, 4) is 11.4 Å². The molecule has 8 nitrogen and oxygen atoms in total. The molecular weight excluding hydrogens is 354 g/mol. The molecule has 1 aliphatic heterocycles. The lowest BCUT2D eigenvalue weighted by molar-refractivity contribution is 0.0781. The second-order valence-electron chi connectivity index (χ2n) is 7.03. The number of anilines is 2. The van der Waals surface area contributed by atoms with Gasteiger partial charge in [0.2, 0.25) is 5.95 Å². The number of aromatic nitrogens is 5. The lowest BCUT2D eigenvalue weighted by Crippen LogP contribution is -2.34. The molecule has 28 heavy (non-hydrogen) atoms. The van der Waals surface area contributed by atoms with Crippen molar-refractivity contribution in [2.75, 3.05) is 18.9 Å². The molecule has 0 radical (unpaired) electrons. The third-order valence-corrected chi connectivity index (χ3v) is 5.12. The number of rotatable bonds is 3. The summed E-state index contributed by atoms with van der Waals surface area (Å²) < 4.78 is 1.72. The van der Waals surface area contributed by atoms with Crippen LogP contribution in [0.4, 0.5) is 11.6 Å². The highest BCUT2D eigenvalue weighted by molar-refractivity contribution is 5.97. The number of carbonyl (C=O) groups is 1. The molecule has 1 aliphatic rings. The monoisotopic (exact) mass is 373 g/mol. The van der Waals surface area contributed by atoms with Gasteiger partial charge in [-0.05, 0) is 42.3 Å². The fourth-order valence-corrected chi connectivity index (χ4v) is 3.51. The Labute approximate surface area is 161 Å². The number of amides is 1. The lowest BCUT2D eigenvalue weighted by Gasteiger charge is -2.24. The number of fused-ring (bicyclic) bond motifs is 2. The van der Waals surface area contributed by atoms with Crippen molar-refractivity contribution in [3.63, 3.8) is 0 Å². The van der Waals surface area contributed by atoms with Crippen LogP contribution in [-0.4, -0.2) is 49.4 Å². The van der Waals surface area contributed by atoms with Gasteiger partial charge in [0.25, 0.3) is 5.91 Å². The van der Waals surface area contributed by atoms with Crippen LogP contribution in [-0.2, 0) is 13.5 Å². The van der Waals surface area contributed by atoms with Crippen LogP contribution in [0.1, 0.15) is 15.9 Å². The summed E-state index contributed by atoms with van der Waals surface area (Å²) >= 11 is 0. The van der Waals surface area contributed by atoms with Crippen LogP contribution >= 0.6 is 0 Å². The zero-order chi connectivity index (χ0) is 19.3. The first-order valence-corrected chi connectivity index (χ1v) is 9.08. The van der Waals surface area contributed by atoms with Gasteiger partial charge in [0.05, 0.1) is 11.7 Å². The van der Waals surface area contributed by atoms with Gasteiger partial charge in [-0.2, -0.15) is 10.1 Å². The van der Waals surface area contributed by atoms with Gasteiger partial charge in [0.15, 0.2) is 5.82 Å². The molecule has 2 aromatic carbocycles. The summed E-state index contributed by atoms with van der Waals surface area (Å²) in [7, 11) is 3.68. The van der Waals surface area contributed by atoms with E-state index in [0.717, 1.165) is 46.2 Å². The molecule has 0 fully saturated rings. The van der Waals surface area contributed by atoms with E-state index in [4.69, 9.17) is 0 Å². The Hall–Kier alpha value is -3.68. The Morgan fingerprint density at radius 3 is 2.93 bits per heavy atom. The minimum absolute atomic E-state index is 0.0683. The number of carbonyl (C=O) groups excluding carboxylic acids is 1. The van der Waals surface area contributed by atoms with Gasteiger partial charge in [-0.3, -0.25) is 9.89 Å². The van der Waals surface area contributed by atoms with E-state index in [1.807, 2.05) is 50.5 Å². The van der Waals surface area contributed by atoms with Crippen molar-refractivity contribution in [2.24, 2.45) is 7.05 Å². The third kappa shape index (κ3) is 2.70. The summed E-state index contributed by atoms with van der Waals surface area (Å²) in [6.07, 6.45) is 2.63. The average Bonchev–Trinajstić information content (AvgIpc) is 3.31. The van der Waals surface area contributed by atoms with Gasteiger partial charge in [-0.15, -0.1) is 5.10 Å². The average molecular weight is 373 g/mol. The van der Waals surface area contributed by atoms with Crippen LogP contribution in [0.3, 0.4) is 0 Å². The van der Waals surface area contributed by atoms with E-state index >= 15 is 0 Å². The zero-order valence-corrected chi connectivity index (χ0v) is 15.6. The minimum atomic E-state index is 0.0683. The first-order valence-electron chi connectivity index (χ1n) is 9.08. The van der Waals surface area contributed by atoms with Crippen LogP contribution in [0.15, 0.2) is 42.6 Å². The Balaban J connectivity index is 1.45. The van der Waals surface area contributed by atoms with E-state index in [2.05, 4.69) is 25.6 Å². The molecule has 0 saturated heterocycles. The Kier molecular flexibility index (Phi) is 3.65. The summed E-state index contributed by atoms with van der Waals surface area (Å²) in [6.45, 7) is 0.730. The third-order valence-electron chi connectivity index (χ3n) is 5.12. The number of nitrogens with zero attached hydrogens (tertiary/aromatic N) is 5. The fourth-order valence-electron chi connectivity index (χ4n) is 3.51. The quantitative estimate of drug-likeness (QED) is 0.576. The summed E-state index contributed by atoms with van der Waals surface area (Å²) in [5.74, 6) is 1.34. The van der Waals surface area contributed by atoms with Gasteiger partial charge >= 0.3 is 0 Å². The van der Waals surface area contributed by atoms with Crippen molar-refractivity contribution in [3.05, 3.63) is 53.7 Å². The van der Waals surface area contributed by atoms with E-state index in [-0.39, 0.29) is 5.91 Å². The number of likely N-dealkylation sites (N-methyl/N-ethyl adjacent to an activating group) is 1. The fraction of sp³-hybridized carbons (Fsp3) is 0.200. The van der Waals surface area contributed by atoms with Crippen LogP contribution in [0.5, 0.6) is 0 Å². The largest absolute Gasteiger partial charge is 0.341 e. The maximum atomic E-state index is 12.3. The number of H-pyrrole nitrogens is 1. The molecule has 0 bridgehead atoms. The second-order valence-corrected chi connectivity index (χ2v) is 7.03. The van der Waals surface area contributed by atoms with Crippen molar-refractivity contribution < 1.29 is 4.79 Å². The number of aromatic amines is 1. The van der Waals surface area contributed by atoms with Crippen molar-refractivity contribution >= 4 is 28.4 Å². The maximum Gasteiger partial charge on any atom is 0.253 e. The Bertz CT molecular complexity index is 1210. The number of hydrogen-bond donors (Lipinski definition) is 2. The molecule has 3 heterocycles. The summed E-state index contributed by atoms with van der Waals surface area (Å²) in [4.78, 5) is 18.7. The molecule has 0 aliphatic carbocycles. The van der Waals surface area contributed by atoms with Crippen LogP contribution < -0.4 is 5.32 Å². The summed E-state index contributed by atoms with van der Waals surface area (Å²) in [5.41, 5.74) is 4.62. The van der Waals surface area contributed by atoms with Crippen molar-refractivity contribution in [1.82, 2.24) is 29.9 Å². The molecule has 4 aromatic rings. The predicted octanol–water partition coefficient (Wildman–Crippen LogP) is 2.73. The van der Waals surface area contributed by atoms with Crippen molar-refractivity contribution in [1.29, 1.82) is 0 Å². The molecule has 0 unspecified atom stereocenters.